The Hall–Kier alpha value is -0.260. The number of ether oxygens (including phenoxy) is 1. The number of carbonyl (C=O) groups excluding carboxylic acids is 1. The van der Waals surface area contributed by atoms with Crippen LogP contribution in [0.25, 0.3) is 0 Å². The molecular formula is C15H24N2O2S. The number of thioether (sulfide) groups is 1. The molecule has 0 radical (unpaired) electrons. The summed E-state index contributed by atoms with van der Waals surface area (Å²) in [5.74, 6) is 1.10. The predicted octanol–water partition coefficient (Wildman–Crippen LogP) is 1.85. The van der Waals surface area contributed by atoms with Crippen LogP contribution >= 0.6 is 11.8 Å². The molecule has 4 rings (SSSR count). The number of nitrogens with one attached hydrogen (secondary N) is 2. The molecule has 20 heavy (non-hydrogen) atoms. The van der Waals surface area contributed by atoms with Gasteiger partial charge in [0, 0.05) is 5.25 Å². The Labute approximate surface area is 124 Å². The van der Waals surface area contributed by atoms with Crippen molar-refractivity contribution in [3.05, 3.63) is 0 Å². The van der Waals surface area contributed by atoms with Crippen molar-refractivity contribution in [3.63, 3.8) is 0 Å². The first kappa shape index (κ1) is 13.4. The number of rotatable bonds is 1. The van der Waals surface area contributed by atoms with Crippen LogP contribution in [-0.4, -0.2) is 34.9 Å². The molecular weight excluding hydrogens is 272 g/mol. The van der Waals surface area contributed by atoms with Gasteiger partial charge < -0.3 is 10.1 Å². The van der Waals surface area contributed by atoms with Crippen LogP contribution in [0.3, 0.4) is 0 Å². The van der Waals surface area contributed by atoms with Crippen molar-refractivity contribution in [1.29, 1.82) is 0 Å². The van der Waals surface area contributed by atoms with Crippen LogP contribution in [-0.2, 0) is 9.53 Å². The topological polar surface area (TPSA) is 50.4 Å². The lowest BCUT2D eigenvalue weighted by atomic mass is 9.85. The van der Waals surface area contributed by atoms with Gasteiger partial charge in [0.15, 0.2) is 0 Å². The van der Waals surface area contributed by atoms with E-state index in [-0.39, 0.29) is 29.5 Å². The molecule has 4 nitrogen and oxygen atoms in total. The molecule has 0 spiro atoms. The molecule has 0 aromatic heterocycles. The summed E-state index contributed by atoms with van der Waals surface area (Å²) >= 11 is 1.91. The van der Waals surface area contributed by atoms with Crippen molar-refractivity contribution in [3.8, 4) is 0 Å². The average Bonchev–Trinajstić information content (AvgIpc) is 3.01. The molecule has 3 heterocycles. The maximum Gasteiger partial charge on any atom is 0.226 e. The molecule has 4 aliphatic rings. The Kier molecular flexibility index (Phi) is 3.47. The summed E-state index contributed by atoms with van der Waals surface area (Å²) in [5, 5.41) is 7.67. The van der Waals surface area contributed by atoms with Gasteiger partial charge in [-0.3, -0.25) is 10.1 Å². The van der Waals surface area contributed by atoms with Gasteiger partial charge in [0.1, 0.15) is 6.17 Å². The Bertz CT molecular complexity index is 391. The number of fused-ring (bicyclic) bond motifs is 2. The van der Waals surface area contributed by atoms with Gasteiger partial charge >= 0.3 is 0 Å². The fourth-order valence-electron chi connectivity index (χ4n) is 4.38. The van der Waals surface area contributed by atoms with Crippen molar-refractivity contribution >= 4 is 17.7 Å². The molecule has 7 atom stereocenters. The molecule has 4 fully saturated rings. The maximum atomic E-state index is 12.3. The number of hydrogen-bond acceptors (Lipinski definition) is 4. The predicted molar refractivity (Wildman–Crippen MR) is 79.3 cm³/mol. The summed E-state index contributed by atoms with van der Waals surface area (Å²) in [6, 6.07) is 0. The number of carbonyl (C=O) groups is 1. The largest absolute Gasteiger partial charge is 0.371 e. The minimum Gasteiger partial charge on any atom is -0.371 e. The van der Waals surface area contributed by atoms with Gasteiger partial charge in [-0.2, -0.15) is 0 Å². The number of hydrogen-bond donors (Lipinski definition) is 2. The Morgan fingerprint density at radius 1 is 1.20 bits per heavy atom. The number of amides is 1. The third-order valence-corrected chi connectivity index (χ3v) is 6.82. The Morgan fingerprint density at radius 3 is 2.90 bits per heavy atom. The Balaban J connectivity index is 1.43. The van der Waals surface area contributed by atoms with Gasteiger partial charge in [0.25, 0.3) is 0 Å². The van der Waals surface area contributed by atoms with Crippen LogP contribution in [0.5, 0.6) is 0 Å². The molecule has 0 aromatic rings. The van der Waals surface area contributed by atoms with Crippen LogP contribution < -0.4 is 10.6 Å². The highest BCUT2D eigenvalue weighted by atomic mass is 32.2. The van der Waals surface area contributed by atoms with Crippen molar-refractivity contribution < 1.29 is 9.53 Å². The molecule has 0 bridgehead atoms. The van der Waals surface area contributed by atoms with E-state index in [2.05, 4.69) is 17.6 Å². The lowest BCUT2D eigenvalue weighted by Crippen LogP contribution is -2.63. The first-order chi connectivity index (χ1) is 9.70. The third-order valence-electron chi connectivity index (χ3n) is 5.40. The summed E-state index contributed by atoms with van der Waals surface area (Å²) in [6.07, 6.45) is 7.91. The van der Waals surface area contributed by atoms with Crippen LogP contribution in [0.2, 0.25) is 0 Å². The lowest BCUT2D eigenvalue weighted by molar-refractivity contribution is -0.130. The molecule has 112 valence electrons. The second-order valence-electron chi connectivity index (χ2n) is 6.86. The zero-order valence-electron chi connectivity index (χ0n) is 12.0. The molecule has 3 saturated heterocycles. The highest BCUT2D eigenvalue weighted by Crippen LogP contribution is 2.42. The minimum atomic E-state index is 0.0205. The quantitative estimate of drug-likeness (QED) is 0.775. The van der Waals surface area contributed by atoms with Crippen molar-refractivity contribution in [2.24, 2.45) is 11.8 Å². The molecule has 0 aromatic carbocycles. The van der Waals surface area contributed by atoms with E-state index in [4.69, 9.17) is 4.74 Å². The summed E-state index contributed by atoms with van der Waals surface area (Å²) < 4.78 is 6.24. The van der Waals surface area contributed by atoms with Crippen molar-refractivity contribution in [1.82, 2.24) is 10.6 Å². The summed E-state index contributed by atoms with van der Waals surface area (Å²) in [5.41, 5.74) is 0. The zero-order chi connectivity index (χ0) is 13.7. The van der Waals surface area contributed by atoms with Gasteiger partial charge in [0.2, 0.25) is 5.91 Å². The monoisotopic (exact) mass is 296 g/mol. The van der Waals surface area contributed by atoms with Crippen LogP contribution in [0, 0.1) is 11.8 Å². The first-order valence-corrected chi connectivity index (χ1v) is 9.02. The average molecular weight is 296 g/mol. The van der Waals surface area contributed by atoms with E-state index in [1.54, 1.807) is 0 Å². The van der Waals surface area contributed by atoms with Gasteiger partial charge in [-0.05, 0) is 31.6 Å². The molecule has 1 amide bonds. The second-order valence-corrected chi connectivity index (χ2v) is 8.44. The normalized spacial score (nSPS) is 51.5. The highest BCUT2D eigenvalue weighted by molar-refractivity contribution is 8.00. The Morgan fingerprint density at radius 2 is 2.05 bits per heavy atom. The van der Waals surface area contributed by atoms with Crippen molar-refractivity contribution in [2.75, 3.05) is 0 Å². The van der Waals surface area contributed by atoms with Crippen LogP contribution in [0.4, 0.5) is 0 Å². The van der Waals surface area contributed by atoms with E-state index < -0.39 is 0 Å². The summed E-state index contributed by atoms with van der Waals surface area (Å²) in [7, 11) is 0. The van der Waals surface area contributed by atoms with E-state index in [0.717, 1.165) is 18.8 Å². The molecule has 7 unspecified atom stereocenters. The fraction of sp³-hybridized carbons (Fsp3) is 0.933. The second kappa shape index (κ2) is 5.18. The van der Waals surface area contributed by atoms with E-state index in [0.29, 0.717) is 11.4 Å². The van der Waals surface area contributed by atoms with Gasteiger partial charge in [-0.25, -0.2) is 0 Å². The molecule has 1 saturated carbocycles. The summed E-state index contributed by atoms with van der Waals surface area (Å²) in [6.45, 7) is 2.22. The summed E-state index contributed by atoms with van der Waals surface area (Å²) in [4.78, 5) is 12.3. The maximum absolute atomic E-state index is 12.3. The minimum absolute atomic E-state index is 0.0205. The smallest absolute Gasteiger partial charge is 0.226 e. The van der Waals surface area contributed by atoms with Crippen molar-refractivity contribution in [2.45, 2.75) is 74.4 Å². The highest BCUT2D eigenvalue weighted by Gasteiger charge is 2.47. The SMILES string of the molecule is CC1CC2C(=O)NC(C3CC4CCCCC4O3)NC2S1. The first-order valence-electron chi connectivity index (χ1n) is 8.08. The molecule has 5 heteroatoms. The van der Waals surface area contributed by atoms with Gasteiger partial charge in [0.05, 0.1) is 23.5 Å². The van der Waals surface area contributed by atoms with E-state index >= 15 is 0 Å². The standard InChI is InChI=1S/C15H24N2O2S/c1-8-6-10-14(18)16-13(17-15(10)20-8)12-7-9-4-2-3-5-11(9)19-12/h8-13,15,17H,2-7H2,1H3,(H,16,18). The van der Waals surface area contributed by atoms with Crippen LogP contribution in [0.1, 0.15) is 45.4 Å². The lowest BCUT2D eigenvalue weighted by Gasteiger charge is -2.36. The van der Waals surface area contributed by atoms with E-state index in [1.807, 2.05) is 11.8 Å². The van der Waals surface area contributed by atoms with Crippen LogP contribution in [0.15, 0.2) is 0 Å². The van der Waals surface area contributed by atoms with Gasteiger partial charge in [-0.15, -0.1) is 11.8 Å². The molecule has 1 aliphatic carbocycles. The van der Waals surface area contributed by atoms with E-state index in [9.17, 15) is 4.79 Å². The fourth-order valence-corrected chi connectivity index (χ4v) is 5.85. The molecule has 3 aliphatic heterocycles. The zero-order valence-corrected chi connectivity index (χ0v) is 12.8. The van der Waals surface area contributed by atoms with E-state index in [1.165, 1.54) is 25.7 Å². The third kappa shape index (κ3) is 2.28. The molecule has 2 N–H and O–H groups in total. The van der Waals surface area contributed by atoms with Gasteiger partial charge in [-0.1, -0.05) is 19.8 Å².